The fraction of sp³-hybridized carbons (Fsp3) is 0.263. The van der Waals surface area contributed by atoms with Gasteiger partial charge in [-0.3, -0.25) is 24.1 Å². The third-order valence-corrected chi connectivity index (χ3v) is 13.3. The van der Waals surface area contributed by atoms with E-state index in [0.29, 0.717) is 11.4 Å². The summed E-state index contributed by atoms with van der Waals surface area (Å²) in [6, 6.07) is 28.9. The molecule has 3 fully saturated rings. The molecule has 2 aliphatic carbocycles. The maximum atomic E-state index is 14.1. The highest BCUT2D eigenvalue weighted by atomic mass is 32.2. The van der Waals surface area contributed by atoms with E-state index in [9.17, 15) is 19.2 Å². The van der Waals surface area contributed by atoms with Crippen LogP contribution in [0.15, 0.2) is 101 Å². The van der Waals surface area contributed by atoms with Gasteiger partial charge < -0.3 is 15.0 Å². The Balaban J connectivity index is 1.03. The zero-order valence-electron chi connectivity index (χ0n) is 25.9. The van der Waals surface area contributed by atoms with E-state index >= 15 is 0 Å². The average molecular weight is 674 g/mol. The number of rotatable bonds is 6. The highest BCUT2D eigenvalue weighted by Crippen LogP contribution is 2.69. The number of aryl methyl sites for hydroxylation is 1. The first-order valence-corrected chi connectivity index (χ1v) is 17.9. The molecule has 4 aromatic carbocycles. The number of fused-ring (bicyclic) bond motifs is 10. The Morgan fingerprint density at radius 3 is 2.46 bits per heavy atom. The van der Waals surface area contributed by atoms with Crippen LogP contribution in [-0.2, 0) is 14.4 Å². The van der Waals surface area contributed by atoms with Crippen molar-refractivity contribution in [3.63, 3.8) is 0 Å². The molecule has 240 valence electrons. The number of aromatic nitrogens is 1. The third kappa shape index (κ3) is 4.49. The highest BCUT2D eigenvalue weighted by Gasteiger charge is 2.69. The maximum Gasteiger partial charge on any atom is 0.305 e. The first kappa shape index (κ1) is 29.5. The number of ether oxygens (including phenoxy) is 1. The molecule has 2 aliphatic heterocycles. The minimum atomic E-state index is -0.398. The molecular formula is C38H31N3O5S2. The zero-order chi connectivity index (χ0) is 32.7. The van der Waals surface area contributed by atoms with Crippen molar-refractivity contribution in [2.75, 3.05) is 16.8 Å². The number of aromatic amines is 1. The van der Waals surface area contributed by atoms with Gasteiger partial charge in [-0.05, 0) is 60.7 Å². The molecule has 9 rings (SSSR count). The molecule has 8 nitrogen and oxygen atoms in total. The predicted octanol–water partition coefficient (Wildman–Crippen LogP) is 6.59. The van der Waals surface area contributed by atoms with Gasteiger partial charge in [0.15, 0.2) is 6.61 Å². The molecule has 1 aromatic heterocycles. The second kappa shape index (κ2) is 11.2. The summed E-state index contributed by atoms with van der Waals surface area (Å²) < 4.78 is 6.26. The number of carbonyl (C=O) groups excluding carboxylic acids is 3. The van der Waals surface area contributed by atoms with Crippen LogP contribution in [0.3, 0.4) is 0 Å². The summed E-state index contributed by atoms with van der Waals surface area (Å²) in [6.45, 7) is 1.79. The Hall–Kier alpha value is -4.67. The number of para-hydroxylation sites is 1. The van der Waals surface area contributed by atoms with Gasteiger partial charge >= 0.3 is 4.87 Å². The monoisotopic (exact) mass is 673 g/mol. The lowest BCUT2D eigenvalue weighted by Crippen LogP contribution is -2.42. The van der Waals surface area contributed by atoms with Crippen molar-refractivity contribution in [1.29, 1.82) is 0 Å². The largest absolute Gasteiger partial charge is 0.483 e. The van der Waals surface area contributed by atoms with Crippen LogP contribution in [0, 0.1) is 36.5 Å². The number of thiazole rings is 1. The molecule has 5 aromatic rings. The second-order valence-corrected chi connectivity index (χ2v) is 15.4. The Morgan fingerprint density at radius 1 is 0.896 bits per heavy atom. The first-order chi connectivity index (χ1) is 23.4. The van der Waals surface area contributed by atoms with Gasteiger partial charge in [0.1, 0.15) is 5.75 Å². The number of nitrogens with one attached hydrogen (secondary N) is 2. The Morgan fingerprint density at radius 2 is 1.62 bits per heavy atom. The molecular weight excluding hydrogens is 643 g/mol. The summed E-state index contributed by atoms with van der Waals surface area (Å²) in [4.78, 5) is 59.3. The molecule has 48 heavy (non-hydrogen) atoms. The smallest absolute Gasteiger partial charge is 0.305 e. The standard InChI is InChI=1S/C38H31N3O5S2/c1-19-13-15-21(16-14-19)41-36(43)31-24-17-25(32(31)37(41)44)33-30(24)29(34-35(47-33)40-38(45)48-34)23-10-4-5-12-27(23)46-18-28(42)39-26-11-6-8-20-7-2-3-9-22(20)26/h2-16,24-25,29-33H,17-18H2,1H3,(H,39,42)(H,40,45)/t24-,25-,29-,30?,31?,32?,33?/m1/s1. The molecule has 3 heterocycles. The molecule has 4 unspecified atom stereocenters. The van der Waals surface area contributed by atoms with E-state index in [1.165, 1.54) is 16.2 Å². The van der Waals surface area contributed by atoms with E-state index in [1.54, 1.807) is 11.8 Å². The zero-order valence-corrected chi connectivity index (χ0v) is 27.6. The van der Waals surface area contributed by atoms with Gasteiger partial charge in [0, 0.05) is 32.7 Å². The topological polar surface area (TPSA) is 109 Å². The lowest BCUT2D eigenvalue weighted by atomic mass is 9.68. The van der Waals surface area contributed by atoms with E-state index < -0.39 is 5.92 Å². The number of anilines is 2. The van der Waals surface area contributed by atoms with Crippen molar-refractivity contribution < 1.29 is 19.1 Å². The Kier molecular flexibility index (Phi) is 6.88. The molecule has 10 heteroatoms. The van der Waals surface area contributed by atoms with E-state index in [1.807, 2.05) is 97.9 Å². The summed E-state index contributed by atoms with van der Waals surface area (Å²) in [7, 11) is 0. The van der Waals surface area contributed by atoms with Crippen LogP contribution in [0.4, 0.5) is 11.4 Å². The molecule has 4 aliphatic rings. The Labute approximate surface area is 284 Å². The van der Waals surface area contributed by atoms with E-state index in [4.69, 9.17) is 4.74 Å². The van der Waals surface area contributed by atoms with Crippen molar-refractivity contribution in [2.24, 2.45) is 29.6 Å². The predicted molar refractivity (Wildman–Crippen MR) is 187 cm³/mol. The second-order valence-electron chi connectivity index (χ2n) is 13.2. The minimum absolute atomic E-state index is 0.0144. The number of carbonyl (C=O) groups is 3. The molecule has 0 spiro atoms. The summed E-state index contributed by atoms with van der Waals surface area (Å²) in [6.07, 6.45) is 0.795. The van der Waals surface area contributed by atoms with Crippen molar-refractivity contribution >= 4 is 63.0 Å². The van der Waals surface area contributed by atoms with Gasteiger partial charge in [0.05, 0.1) is 22.5 Å². The molecule has 2 saturated carbocycles. The number of H-pyrrole nitrogens is 1. The van der Waals surface area contributed by atoms with Gasteiger partial charge in [-0.2, -0.15) is 0 Å². The van der Waals surface area contributed by atoms with E-state index in [0.717, 1.165) is 43.9 Å². The Bertz CT molecular complexity index is 2190. The van der Waals surface area contributed by atoms with Crippen molar-refractivity contribution in [3.8, 4) is 5.75 Å². The number of amides is 3. The van der Waals surface area contributed by atoms with Gasteiger partial charge in [0.2, 0.25) is 11.8 Å². The summed E-state index contributed by atoms with van der Waals surface area (Å²) >= 11 is 2.86. The average Bonchev–Trinajstić information content (AvgIpc) is 3.83. The molecule has 2 N–H and O–H groups in total. The summed E-state index contributed by atoms with van der Waals surface area (Å²) in [5, 5.41) is 5.86. The first-order valence-electron chi connectivity index (χ1n) is 16.2. The molecule has 2 bridgehead atoms. The van der Waals surface area contributed by atoms with Crippen LogP contribution < -0.4 is 19.8 Å². The van der Waals surface area contributed by atoms with Gasteiger partial charge in [-0.25, -0.2) is 0 Å². The number of hydrogen-bond donors (Lipinski definition) is 2. The van der Waals surface area contributed by atoms with Crippen LogP contribution >= 0.6 is 23.1 Å². The lowest BCUT2D eigenvalue weighted by Gasteiger charge is -2.43. The number of thioether (sulfide) groups is 1. The maximum absolute atomic E-state index is 14.1. The van der Waals surface area contributed by atoms with Crippen LogP contribution in [0.5, 0.6) is 5.75 Å². The number of benzene rings is 4. The van der Waals surface area contributed by atoms with E-state index in [-0.39, 0.29) is 64.0 Å². The van der Waals surface area contributed by atoms with Crippen molar-refractivity contribution in [3.05, 3.63) is 117 Å². The van der Waals surface area contributed by atoms with Gasteiger partial charge in [0.25, 0.3) is 5.91 Å². The van der Waals surface area contributed by atoms with Crippen LogP contribution in [0.1, 0.15) is 28.3 Å². The molecule has 1 saturated heterocycles. The third-order valence-electron chi connectivity index (χ3n) is 10.7. The van der Waals surface area contributed by atoms with Crippen LogP contribution in [0.25, 0.3) is 10.8 Å². The van der Waals surface area contributed by atoms with Gasteiger partial charge in [-0.15, -0.1) is 11.8 Å². The number of nitrogens with zero attached hydrogens (tertiary/aromatic N) is 1. The minimum Gasteiger partial charge on any atom is -0.483 e. The fourth-order valence-corrected chi connectivity index (χ4v) is 11.7. The summed E-state index contributed by atoms with van der Waals surface area (Å²) in [5.74, 6) is -0.915. The van der Waals surface area contributed by atoms with Gasteiger partial charge in [-0.1, -0.05) is 83.6 Å². The number of imide groups is 1. The normalized spacial score (nSPS) is 26.8. The van der Waals surface area contributed by atoms with E-state index in [2.05, 4.69) is 10.3 Å². The molecule has 3 amide bonds. The lowest BCUT2D eigenvalue weighted by molar-refractivity contribution is -0.123. The molecule has 0 radical (unpaired) electrons. The van der Waals surface area contributed by atoms with Crippen LogP contribution in [-0.4, -0.2) is 34.6 Å². The quantitative estimate of drug-likeness (QED) is 0.197. The fourth-order valence-electron chi connectivity index (χ4n) is 8.85. The molecule has 7 atom stereocenters. The SMILES string of the molecule is Cc1ccc(N2C(=O)C3C(C2=O)[C@@H]2C[C@H]3C3Sc4[nH]c(=O)sc4[C@H](c4ccccc4OCC(=O)Nc4cccc5ccccc45)C32)cc1. The van der Waals surface area contributed by atoms with Crippen molar-refractivity contribution in [1.82, 2.24) is 4.98 Å². The highest BCUT2D eigenvalue weighted by molar-refractivity contribution is 8.00. The summed E-state index contributed by atoms with van der Waals surface area (Å²) in [5.41, 5.74) is 3.30. The number of hydrogen-bond acceptors (Lipinski definition) is 7. The van der Waals surface area contributed by atoms with Crippen LogP contribution in [0.2, 0.25) is 0 Å². The van der Waals surface area contributed by atoms with Crippen molar-refractivity contribution in [2.45, 2.75) is 29.5 Å².